The van der Waals surface area contributed by atoms with Gasteiger partial charge in [-0.1, -0.05) is 12.1 Å². The number of imidazole rings is 1. The van der Waals surface area contributed by atoms with Crippen LogP contribution in [0.25, 0.3) is 5.65 Å². The average Bonchev–Trinajstić information content (AvgIpc) is 3.31. The Morgan fingerprint density at radius 3 is 2.67 bits per heavy atom. The number of nitrogens with one attached hydrogen (secondary N) is 1. The van der Waals surface area contributed by atoms with Crippen LogP contribution >= 0.6 is 0 Å². The summed E-state index contributed by atoms with van der Waals surface area (Å²) >= 11 is 0. The highest BCUT2D eigenvalue weighted by Crippen LogP contribution is 2.37. The fourth-order valence-corrected chi connectivity index (χ4v) is 4.03. The van der Waals surface area contributed by atoms with Crippen molar-refractivity contribution in [3.8, 4) is 5.75 Å². The maximum Gasteiger partial charge on any atom is 0.418 e. The van der Waals surface area contributed by atoms with Gasteiger partial charge in [0.05, 0.1) is 30.2 Å². The number of halogens is 3. The predicted molar refractivity (Wildman–Crippen MR) is 128 cm³/mol. The molecule has 3 heterocycles. The number of ether oxygens (including phenoxy) is 2. The Morgan fingerprint density at radius 1 is 1.06 bits per heavy atom. The maximum absolute atomic E-state index is 13.8. The standard InChI is InChI=1S/C26H23F3N4O3/c27-26(28,29)22-15-20(32-10-12-35-13-11-32)7-8-23(22)31-25(34)18-4-3-5-21(14-18)36-17-19-16-33-9-2-1-6-24(33)30-19/h1-9,14-16H,10-13,17H2,(H,31,34). The van der Waals surface area contributed by atoms with Crippen LogP contribution in [0.1, 0.15) is 21.6 Å². The molecule has 0 radical (unpaired) electrons. The van der Waals surface area contributed by atoms with Crippen LogP contribution in [0.5, 0.6) is 5.75 Å². The summed E-state index contributed by atoms with van der Waals surface area (Å²) in [7, 11) is 0. The molecule has 2 aromatic carbocycles. The summed E-state index contributed by atoms with van der Waals surface area (Å²) in [5.41, 5.74) is 0.883. The number of alkyl halides is 3. The van der Waals surface area contributed by atoms with E-state index < -0.39 is 17.6 Å². The van der Waals surface area contributed by atoms with Crippen molar-refractivity contribution in [2.24, 2.45) is 0 Å². The van der Waals surface area contributed by atoms with Gasteiger partial charge in [-0.3, -0.25) is 4.79 Å². The molecule has 0 saturated carbocycles. The number of aromatic nitrogens is 2. The lowest BCUT2D eigenvalue weighted by Crippen LogP contribution is -2.36. The lowest BCUT2D eigenvalue weighted by molar-refractivity contribution is -0.136. The summed E-state index contributed by atoms with van der Waals surface area (Å²) < 4.78 is 54.4. The van der Waals surface area contributed by atoms with Crippen molar-refractivity contribution in [2.75, 3.05) is 36.5 Å². The highest BCUT2D eigenvalue weighted by atomic mass is 19.4. The van der Waals surface area contributed by atoms with Gasteiger partial charge in [0.25, 0.3) is 5.91 Å². The van der Waals surface area contributed by atoms with E-state index in [1.165, 1.54) is 18.2 Å². The molecule has 1 fully saturated rings. The van der Waals surface area contributed by atoms with E-state index in [0.717, 1.165) is 11.7 Å². The van der Waals surface area contributed by atoms with E-state index in [0.29, 0.717) is 43.4 Å². The van der Waals surface area contributed by atoms with Crippen LogP contribution in [0.15, 0.2) is 73.1 Å². The van der Waals surface area contributed by atoms with Crippen molar-refractivity contribution < 1.29 is 27.4 Å². The van der Waals surface area contributed by atoms with E-state index >= 15 is 0 Å². The first-order valence-corrected chi connectivity index (χ1v) is 11.4. The molecule has 7 nitrogen and oxygen atoms in total. The summed E-state index contributed by atoms with van der Waals surface area (Å²) in [5, 5.41) is 2.41. The van der Waals surface area contributed by atoms with Gasteiger partial charge in [0, 0.05) is 36.7 Å². The van der Waals surface area contributed by atoms with E-state index in [1.807, 2.05) is 39.9 Å². The summed E-state index contributed by atoms with van der Waals surface area (Å²) in [4.78, 5) is 19.1. The van der Waals surface area contributed by atoms with Gasteiger partial charge in [-0.25, -0.2) is 4.98 Å². The van der Waals surface area contributed by atoms with Gasteiger partial charge in [0.15, 0.2) is 0 Å². The minimum absolute atomic E-state index is 0.174. The molecule has 1 aliphatic heterocycles. The maximum atomic E-state index is 13.8. The number of hydrogen-bond donors (Lipinski definition) is 1. The Kier molecular flexibility index (Phi) is 6.51. The van der Waals surface area contributed by atoms with Crippen molar-refractivity contribution >= 4 is 22.9 Å². The third-order valence-corrected chi connectivity index (χ3v) is 5.83. The molecule has 2 aromatic heterocycles. The van der Waals surface area contributed by atoms with Crippen LogP contribution < -0.4 is 15.0 Å². The van der Waals surface area contributed by atoms with Crippen molar-refractivity contribution in [1.82, 2.24) is 9.38 Å². The van der Waals surface area contributed by atoms with Crippen LogP contribution in [0.2, 0.25) is 0 Å². The number of pyridine rings is 1. The van der Waals surface area contributed by atoms with E-state index in [9.17, 15) is 18.0 Å². The van der Waals surface area contributed by atoms with E-state index in [1.54, 1.807) is 18.2 Å². The molecule has 0 bridgehead atoms. The number of nitrogens with zero attached hydrogens (tertiary/aromatic N) is 3. The number of hydrogen-bond acceptors (Lipinski definition) is 5. The molecule has 186 valence electrons. The van der Waals surface area contributed by atoms with Gasteiger partial charge in [-0.2, -0.15) is 13.2 Å². The van der Waals surface area contributed by atoms with Gasteiger partial charge in [0.1, 0.15) is 18.0 Å². The Balaban J connectivity index is 1.30. The number of anilines is 2. The predicted octanol–water partition coefficient (Wildman–Crippen LogP) is 5.02. The third-order valence-electron chi connectivity index (χ3n) is 5.83. The van der Waals surface area contributed by atoms with Gasteiger partial charge >= 0.3 is 6.18 Å². The smallest absolute Gasteiger partial charge is 0.418 e. The van der Waals surface area contributed by atoms with Crippen molar-refractivity contribution in [3.63, 3.8) is 0 Å². The van der Waals surface area contributed by atoms with Gasteiger partial charge in [0.2, 0.25) is 0 Å². The number of amides is 1. The molecule has 0 spiro atoms. The van der Waals surface area contributed by atoms with Crippen molar-refractivity contribution in [2.45, 2.75) is 12.8 Å². The zero-order valence-corrected chi connectivity index (χ0v) is 19.2. The Morgan fingerprint density at radius 2 is 1.89 bits per heavy atom. The third kappa shape index (κ3) is 5.28. The van der Waals surface area contributed by atoms with Crippen LogP contribution in [-0.4, -0.2) is 41.6 Å². The normalized spacial score (nSPS) is 14.1. The average molecular weight is 496 g/mol. The second kappa shape index (κ2) is 9.90. The molecular weight excluding hydrogens is 473 g/mol. The zero-order valence-electron chi connectivity index (χ0n) is 19.2. The molecule has 36 heavy (non-hydrogen) atoms. The summed E-state index contributed by atoms with van der Waals surface area (Å²) in [6, 6.07) is 15.9. The number of morpholine rings is 1. The number of carbonyl (C=O) groups excluding carboxylic acids is 1. The van der Waals surface area contributed by atoms with E-state index in [-0.39, 0.29) is 17.9 Å². The van der Waals surface area contributed by atoms with Crippen LogP contribution in [0.3, 0.4) is 0 Å². The quantitative estimate of drug-likeness (QED) is 0.406. The minimum atomic E-state index is -4.63. The fourth-order valence-electron chi connectivity index (χ4n) is 4.03. The molecule has 10 heteroatoms. The minimum Gasteiger partial charge on any atom is -0.487 e. The Hall–Kier alpha value is -4.05. The van der Waals surface area contributed by atoms with E-state index in [4.69, 9.17) is 9.47 Å². The first-order chi connectivity index (χ1) is 17.4. The molecule has 1 aliphatic rings. The largest absolute Gasteiger partial charge is 0.487 e. The summed E-state index contributed by atoms with van der Waals surface area (Å²) in [6.45, 7) is 2.09. The van der Waals surface area contributed by atoms with Crippen LogP contribution in [0, 0.1) is 0 Å². The van der Waals surface area contributed by atoms with Crippen molar-refractivity contribution in [1.29, 1.82) is 0 Å². The SMILES string of the molecule is O=C(Nc1ccc(N2CCOCC2)cc1C(F)(F)F)c1cccc(OCc2cn3ccccc3n2)c1. The first kappa shape index (κ1) is 23.7. The second-order valence-corrected chi connectivity index (χ2v) is 8.30. The Bertz CT molecular complexity index is 1350. The number of rotatable bonds is 6. The molecule has 0 unspecified atom stereocenters. The molecule has 1 saturated heterocycles. The molecule has 5 rings (SSSR count). The summed E-state index contributed by atoms with van der Waals surface area (Å²) in [6.07, 6.45) is -0.922. The molecule has 0 aliphatic carbocycles. The lowest BCUT2D eigenvalue weighted by atomic mass is 10.1. The van der Waals surface area contributed by atoms with Gasteiger partial charge in [-0.15, -0.1) is 0 Å². The fraction of sp³-hybridized carbons (Fsp3) is 0.231. The Labute approximate surface area is 205 Å². The number of fused-ring (bicyclic) bond motifs is 1. The molecule has 1 amide bonds. The lowest BCUT2D eigenvalue weighted by Gasteiger charge is -2.29. The monoisotopic (exact) mass is 496 g/mol. The molecule has 1 N–H and O–H groups in total. The number of benzene rings is 2. The number of carbonyl (C=O) groups is 1. The zero-order chi connectivity index (χ0) is 25.1. The van der Waals surface area contributed by atoms with Crippen LogP contribution in [0.4, 0.5) is 24.5 Å². The highest BCUT2D eigenvalue weighted by Gasteiger charge is 2.35. The summed E-state index contributed by atoms with van der Waals surface area (Å²) in [5.74, 6) is -0.267. The molecule has 0 atom stereocenters. The van der Waals surface area contributed by atoms with E-state index in [2.05, 4.69) is 10.3 Å². The first-order valence-electron chi connectivity index (χ1n) is 11.4. The second-order valence-electron chi connectivity index (χ2n) is 8.30. The molecular formula is C26H23F3N4O3. The van der Waals surface area contributed by atoms with Crippen LogP contribution in [-0.2, 0) is 17.5 Å². The molecule has 4 aromatic rings. The van der Waals surface area contributed by atoms with Gasteiger partial charge < -0.3 is 24.1 Å². The van der Waals surface area contributed by atoms with Crippen molar-refractivity contribution in [3.05, 3.63) is 89.9 Å². The highest BCUT2D eigenvalue weighted by molar-refractivity contribution is 6.05. The van der Waals surface area contributed by atoms with Gasteiger partial charge in [-0.05, 0) is 48.5 Å². The topological polar surface area (TPSA) is 68.1 Å².